The molecule has 0 aromatic carbocycles. The molecular weight excluding hydrogens is 240 g/mol. The number of pyridine rings is 1. The van der Waals surface area contributed by atoms with Crippen LogP contribution in [0, 0.1) is 0 Å². The summed E-state index contributed by atoms with van der Waals surface area (Å²) in [6.45, 7) is 7.77. The lowest BCUT2D eigenvalue weighted by Crippen LogP contribution is -2.25. The summed E-state index contributed by atoms with van der Waals surface area (Å²) in [6, 6.07) is 4.12. The van der Waals surface area contributed by atoms with Gasteiger partial charge in [0, 0.05) is 12.7 Å². The van der Waals surface area contributed by atoms with Gasteiger partial charge in [-0.3, -0.25) is 0 Å². The maximum absolute atomic E-state index is 4.21. The number of halogens is 1. The first-order valence-corrected chi connectivity index (χ1v) is 5.88. The Bertz CT molecular complexity index is 254. The fourth-order valence-electron chi connectivity index (χ4n) is 1.38. The highest BCUT2D eigenvalue weighted by atomic mass is 79.9. The van der Waals surface area contributed by atoms with Crippen LogP contribution in [0.2, 0.25) is 0 Å². The predicted molar refractivity (Wildman–Crippen MR) is 63.4 cm³/mol. The lowest BCUT2D eigenvalue weighted by Gasteiger charge is -2.17. The maximum atomic E-state index is 4.21. The lowest BCUT2D eigenvalue weighted by atomic mass is 10.2. The highest BCUT2D eigenvalue weighted by Crippen LogP contribution is 2.07. The zero-order chi connectivity index (χ0) is 10.4. The van der Waals surface area contributed by atoms with E-state index in [9.17, 15) is 0 Å². The number of aromatic nitrogens is 1. The molecule has 0 aliphatic rings. The molecule has 0 amide bonds. The third kappa shape index (κ3) is 3.76. The molecule has 3 heteroatoms. The van der Waals surface area contributed by atoms with Crippen molar-refractivity contribution >= 4 is 15.9 Å². The summed E-state index contributed by atoms with van der Waals surface area (Å²) in [5.74, 6) is 0. The van der Waals surface area contributed by atoms with Crippen LogP contribution in [-0.4, -0.2) is 29.5 Å². The first-order valence-electron chi connectivity index (χ1n) is 5.09. The van der Waals surface area contributed by atoms with Crippen molar-refractivity contribution in [3.8, 4) is 0 Å². The van der Waals surface area contributed by atoms with Gasteiger partial charge in [-0.15, -0.1) is 0 Å². The van der Waals surface area contributed by atoms with Crippen LogP contribution in [0.1, 0.15) is 19.4 Å². The Morgan fingerprint density at radius 2 is 2.00 bits per heavy atom. The molecule has 0 spiro atoms. The topological polar surface area (TPSA) is 16.1 Å². The van der Waals surface area contributed by atoms with Gasteiger partial charge in [-0.25, -0.2) is 4.98 Å². The molecule has 14 heavy (non-hydrogen) atoms. The molecule has 0 radical (unpaired) electrons. The molecule has 0 aliphatic carbocycles. The van der Waals surface area contributed by atoms with E-state index >= 15 is 0 Å². The van der Waals surface area contributed by atoms with Crippen LogP contribution >= 0.6 is 15.9 Å². The van der Waals surface area contributed by atoms with E-state index in [1.54, 1.807) is 0 Å². The van der Waals surface area contributed by atoms with Crippen molar-refractivity contribution in [2.45, 2.75) is 20.3 Å². The fraction of sp³-hybridized carbons (Fsp3) is 0.545. The minimum atomic E-state index is 0.907. The van der Waals surface area contributed by atoms with Crippen LogP contribution < -0.4 is 0 Å². The van der Waals surface area contributed by atoms with E-state index in [1.807, 2.05) is 12.3 Å². The highest BCUT2D eigenvalue weighted by molar-refractivity contribution is 9.10. The molecule has 2 nitrogen and oxygen atoms in total. The third-order valence-electron chi connectivity index (χ3n) is 2.40. The zero-order valence-electron chi connectivity index (χ0n) is 8.83. The predicted octanol–water partition coefficient (Wildman–Crippen LogP) is 2.73. The Kier molecular flexibility index (Phi) is 5.12. The molecule has 0 saturated carbocycles. The largest absolute Gasteiger partial charge is 0.304 e. The van der Waals surface area contributed by atoms with Crippen LogP contribution in [0.3, 0.4) is 0 Å². The van der Waals surface area contributed by atoms with Crippen molar-refractivity contribution in [1.82, 2.24) is 9.88 Å². The third-order valence-corrected chi connectivity index (χ3v) is 2.87. The molecule has 1 aromatic rings. The average molecular weight is 257 g/mol. The molecule has 0 fully saturated rings. The molecular formula is C11H17BrN2. The number of nitrogens with zero attached hydrogens (tertiary/aromatic N) is 2. The van der Waals surface area contributed by atoms with Crippen LogP contribution in [0.25, 0.3) is 0 Å². The lowest BCUT2D eigenvalue weighted by molar-refractivity contribution is 0.308. The summed E-state index contributed by atoms with van der Waals surface area (Å²) in [7, 11) is 0. The van der Waals surface area contributed by atoms with Crippen molar-refractivity contribution in [3.05, 3.63) is 28.5 Å². The molecule has 0 atom stereocenters. The summed E-state index contributed by atoms with van der Waals surface area (Å²) in [4.78, 5) is 6.63. The van der Waals surface area contributed by atoms with Gasteiger partial charge in [0.1, 0.15) is 4.60 Å². The van der Waals surface area contributed by atoms with Crippen molar-refractivity contribution in [2.24, 2.45) is 0 Å². The molecule has 0 saturated heterocycles. The van der Waals surface area contributed by atoms with Crippen LogP contribution in [-0.2, 0) is 6.42 Å². The highest BCUT2D eigenvalue weighted by Gasteiger charge is 1.99. The molecule has 0 N–H and O–H groups in total. The smallest absolute Gasteiger partial charge is 0.106 e. The Labute approximate surface area is 94.5 Å². The molecule has 0 bridgehead atoms. The quantitative estimate of drug-likeness (QED) is 0.754. The Morgan fingerprint density at radius 1 is 1.29 bits per heavy atom. The summed E-state index contributed by atoms with van der Waals surface area (Å²) >= 11 is 3.33. The van der Waals surface area contributed by atoms with E-state index < -0.39 is 0 Å². The number of hydrogen-bond acceptors (Lipinski definition) is 2. The van der Waals surface area contributed by atoms with Gasteiger partial charge < -0.3 is 4.90 Å². The Hall–Kier alpha value is -0.410. The van der Waals surface area contributed by atoms with Gasteiger partial charge >= 0.3 is 0 Å². The van der Waals surface area contributed by atoms with Gasteiger partial charge in [-0.05, 0) is 47.1 Å². The second-order valence-corrected chi connectivity index (χ2v) is 4.08. The van der Waals surface area contributed by atoms with Gasteiger partial charge in [0.25, 0.3) is 0 Å². The summed E-state index contributed by atoms with van der Waals surface area (Å²) in [6.07, 6.45) is 3.02. The number of likely N-dealkylation sites (N-methyl/N-ethyl adjacent to an activating group) is 1. The van der Waals surface area contributed by atoms with Gasteiger partial charge in [0.05, 0.1) is 0 Å². The minimum Gasteiger partial charge on any atom is -0.304 e. The van der Waals surface area contributed by atoms with Crippen molar-refractivity contribution in [1.29, 1.82) is 0 Å². The molecule has 0 unspecified atom stereocenters. The standard InChI is InChI=1S/C11H17BrN2/c1-3-14(4-2)8-7-10-5-6-11(12)13-9-10/h5-6,9H,3-4,7-8H2,1-2H3. The SMILES string of the molecule is CCN(CC)CCc1ccc(Br)nc1. The van der Waals surface area contributed by atoms with E-state index in [4.69, 9.17) is 0 Å². The minimum absolute atomic E-state index is 0.907. The summed E-state index contributed by atoms with van der Waals surface area (Å²) in [5, 5.41) is 0. The number of rotatable bonds is 5. The van der Waals surface area contributed by atoms with Crippen LogP contribution in [0.4, 0.5) is 0 Å². The van der Waals surface area contributed by atoms with Crippen molar-refractivity contribution in [3.63, 3.8) is 0 Å². The fourth-order valence-corrected chi connectivity index (χ4v) is 1.62. The van der Waals surface area contributed by atoms with E-state index in [-0.39, 0.29) is 0 Å². The average Bonchev–Trinajstić information content (AvgIpc) is 2.22. The molecule has 1 aromatic heterocycles. The summed E-state index contributed by atoms with van der Waals surface area (Å²) in [5.41, 5.74) is 1.31. The van der Waals surface area contributed by atoms with Crippen molar-refractivity contribution in [2.75, 3.05) is 19.6 Å². The van der Waals surface area contributed by atoms with Crippen LogP contribution in [0.15, 0.2) is 22.9 Å². The monoisotopic (exact) mass is 256 g/mol. The first kappa shape index (κ1) is 11.7. The second-order valence-electron chi connectivity index (χ2n) is 3.27. The molecule has 78 valence electrons. The zero-order valence-corrected chi connectivity index (χ0v) is 10.4. The molecule has 1 rings (SSSR count). The van der Waals surface area contributed by atoms with E-state index in [1.165, 1.54) is 5.56 Å². The van der Waals surface area contributed by atoms with E-state index in [0.717, 1.165) is 30.7 Å². The second kappa shape index (κ2) is 6.14. The first-order chi connectivity index (χ1) is 6.76. The summed E-state index contributed by atoms with van der Waals surface area (Å²) < 4.78 is 0.907. The molecule has 1 heterocycles. The Balaban J connectivity index is 2.41. The number of hydrogen-bond donors (Lipinski definition) is 0. The molecule has 0 aliphatic heterocycles. The van der Waals surface area contributed by atoms with Crippen LogP contribution in [0.5, 0.6) is 0 Å². The maximum Gasteiger partial charge on any atom is 0.106 e. The van der Waals surface area contributed by atoms with Crippen molar-refractivity contribution < 1.29 is 0 Å². The van der Waals surface area contributed by atoms with Gasteiger partial charge in [-0.2, -0.15) is 0 Å². The van der Waals surface area contributed by atoms with Gasteiger partial charge in [-0.1, -0.05) is 19.9 Å². The van der Waals surface area contributed by atoms with Gasteiger partial charge in [0.15, 0.2) is 0 Å². The van der Waals surface area contributed by atoms with E-state index in [2.05, 4.69) is 45.7 Å². The Morgan fingerprint density at radius 3 is 2.50 bits per heavy atom. The van der Waals surface area contributed by atoms with E-state index in [0.29, 0.717) is 0 Å². The normalized spacial score (nSPS) is 10.9. The van der Waals surface area contributed by atoms with Gasteiger partial charge in [0.2, 0.25) is 0 Å².